The molecule has 20 heavy (non-hydrogen) atoms. The van der Waals surface area contributed by atoms with Gasteiger partial charge in [-0.2, -0.15) is 0 Å². The third-order valence-electron chi connectivity index (χ3n) is 3.55. The number of benzene rings is 2. The van der Waals surface area contributed by atoms with E-state index in [1.807, 2.05) is 12.1 Å². The van der Waals surface area contributed by atoms with Crippen molar-refractivity contribution in [3.05, 3.63) is 70.9 Å². The van der Waals surface area contributed by atoms with Crippen LogP contribution in [0, 0.1) is 0 Å². The number of rotatable bonds is 4. The van der Waals surface area contributed by atoms with Gasteiger partial charge in [-0.3, -0.25) is 0 Å². The van der Waals surface area contributed by atoms with E-state index < -0.39 is 0 Å². The molecule has 0 saturated carbocycles. The Kier molecular flexibility index (Phi) is 3.77. The molecule has 1 aromatic heterocycles. The molecule has 0 unspecified atom stereocenters. The summed E-state index contributed by atoms with van der Waals surface area (Å²) < 4.78 is 2.28. The number of hydrogen-bond acceptors (Lipinski definition) is 1. The van der Waals surface area contributed by atoms with E-state index in [0.717, 1.165) is 18.0 Å². The quantitative estimate of drug-likeness (QED) is 0.775. The summed E-state index contributed by atoms with van der Waals surface area (Å²) in [6.07, 6.45) is 3.04. The molecule has 0 atom stereocenters. The van der Waals surface area contributed by atoms with E-state index in [1.165, 1.54) is 22.0 Å². The van der Waals surface area contributed by atoms with Gasteiger partial charge in [0, 0.05) is 17.8 Å². The van der Waals surface area contributed by atoms with Gasteiger partial charge in [-0.25, -0.2) is 0 Å². The van der Waals surface area contributed by atoms with Gasteiger partial charge in [-0.1, -0.05) is 41.9 Å². The van der Waals surface area contributed by atoms with E-state index in [2.05, 4.69) is 47.2 Å². The fourth-order valence-electron chi connectivity index (χ4n) is 2.62. The highest BCUT2D eigenvalue weighted by molar-refractivity contribution is 6.30. The lowest BCUT2D eigenvalue weighted by atomic mass is 10.1. The van der Waals surface area contributed by atoms with Crippen LogP contribution >= 0.6 is 11.6 Å². The Labute approximate surface area is 123 Å². The number of nitrogens with zero attached hydrogens (tertiary/aromatic N) is 1. The molecule has 1 heterocycles. The molecule has 0 radical (unpaired) electrons. The van der Waals surface area contributed by atoms with Crippen molar-refractivity contribution in [2.75, 3.05) is 6.54 Å². The van der Waals surface area contributed by atoms with Crippen LogP contribution in [0.2, 0.25) is 5.02 Å². The standard InChI is InChI=1S/C17H17ClN2/c18-16-6-4-13(5-7-16)12-20-11-9-15-3-1-2-14(8-10-19)17(15)20/h1-7,9,11H,8,10,12,19H2. The van der Waals surface area contributed by atoms with Crippen LogP contribution in [0.25, 0.3) is 10.9 Å². The van der Waals surface area contributed by atoms with Gasteiger partial charge in [0.05, 0.1) is 5.52 Å². The van der Waals surface area contributed by atoms with Crippen molar-refractivity contribution in [3.63, 3.8) is 0 Å². The molecule has 2 aromatic carbocycles. The second kappa shape index (κ2) is 5.70. The molecule has 0 saturated heterocycles. The molecule has 0 spiro atoms. The molecule has 0 aliphatic carbocycles. The highest BCUT2D eigenvalue weighted by Crippen LogP contribution is 2.22. The summed E-state index contributed by atoms with van der Waals surface area (Å²) in [6.45, 7) is 1.52. The molecule has 102 valence electrons. The number of nitrogens with two attached hydrogens (primary N) is 1. The van der Waals surface area contributed by atoms with Crippen LogP contribution < -0.4 is 5.73 Å². The summed E-state index contributed by atoms with van der Waals surface area (Å²) in [7, 11) is 0. The van der Waals surface area contributed by atoms with Gasteiger partial charge in [0.15, 0.2) is 0 Å². The topological polar surface area (TPSA) is 30.9 Å². The Morgan fingerprint density at radius 3 is 2.55 bits per heavy atom. The summed E-state index contributed by atoms with van der Waals surface area (Å²) in [6, 6.07) is 16.6. The van der Waals surface area contributed by atoms with E-state index in [9.17, 15) is 0 Å². The minimum atomic E-state index is 0.672. The number of para-hydroxylation sites is 1. The van der Waals surface area contributed by atoms with Gasteiger partial charge in [-0.05, 0) is 47.7 Å². The van der Waals surface area contributed by atoms with Crippen molar-refractivity contribution in [1.82, 2.24) is 4.57 Å². The Balaban J connectivity index is 2.00. The summed E-state index contributed by atoms with van der Waals surface area (Å²) >= 11 is 5.93. The minimum Gasteiger partial charge on any atom is -0.343 e. The van der Waals surface area contributed by atoms with Crippen LogP contribution in [0.5, 0.6) is 0 Å². The Morgan fingerprint density at radius 2 is 1.80 bits per heavy atom. The van der Waals surface area contributed by atoms with Crippen molar-refractivity contribution in [1.29, 1.82) is 0 Å². The van der Waals surface area contributed by atoms with Crippen molar-refractivity contribution >= 4 is 22.5 Å². The average molecular weight is 285 g/mol. The molecule has 2 N–H and O–H groups in total. The molecular weight excluding hydrogens is 268 g/mol. The lowest BCUT2D eigenvalue weighted by molar-refractivity contribution is 0.828. The van der Waals surface area contributed by atoms with E-state index in [0.29, 0.717) is 6.54 Å². The maximum atomic E-state index is 5.93. The van der Waals surface area contributed by atoms with Crippen molar-refractivity contribution in [2.24, 2.45) is 5.73 Å². The zero-order valence-corrected chi connectivity index (χ0v) is 12.0. The maximum Gasteiger partial charge on any atom is 0.0516 e. The molecule has 3 aromatic rings. The first-order valence-electron chi connectivity index (χ1n) is 6.79. The van der Waals surface area contributed by atoms with Crippen LogP contribution in [0.4, 0.5) is 0 Å². The monoisotopic (exact) mass is 284 g/mol. The molecule has 3 heteroatoms. The predicted molar refractivity (Wildman–Crippen MR) is 85.3 cm³/mol. The first-order valence-corrected chi connectivity index (χ1v) is 7.17. The number of hydrogen-bond donors (Lipinski definition) is 1. The van der Waals surface area contributed by atoms with Gasteiger partial charge in [0.1, 0.15) is 0 Å². The third-order valence-corrected chi connectivity index (χ3v) is 3.80. The Hall–Kier alpha value is -1.77. The molecule has 0 bridgehead atoms. The second-order valence-electron chi connectivity index (χ2n) is 4.96. The van der Waals surface area contributed by atoms with Crippen molar-refractivity contribution in [3.8, 4) is 0 Å². The van der Waals surface area contributed by atoms with Crippen LogP contribution in [-0.4, -0.2) is 11.1 Å². The maximum absolute atomic E-state index is 5.93. The summed E-state index contributed by atoms with van der Waals surface area (Å²) in [5.74, 6) is 0. The first-order chi connectivity index (χ1) is 9.78. The van der Waals surface area contributed by atoms with Crippen molar-refractivity contribution in [2.45, 2.75) is 13.0 Å². The minimum absolute atomic E-state index is 0.672. The normalized spacial score (nSPS) is 11.1. The van der Waals surface area contributed by atoms with E-state index >= 15 is 0 Å². The van der Waals surface area contributed by atoms with Gasteiger partial charge < -0.3 is 10.3 Å². The number of fused-ring (bicyclic) bond motifs is 1. The average Bonchev–Trinajstić information content (AvgIpc) is 2.86. The Bertz CT molecular complexity index is 713. The van der Waals surface area contributed by atoms with Crippen LogP contribution in [0.1, 0.15) is 11.1 Å². The van der Waals surface area contributed by atoms with Crippen LogP contribution in [0.15, 0.2) is 54.7 Å². The van der Waals surface area contributed by atoms with E-state index in [1.54, 1.807) is 0 Å². The molecule has 2 nitrogen and oxygen atoms in total. The lowest BCUT2D eigenvalue weighted by Gasteiger charge is -2.10. The molecule has 0 aliphatic heterocycles. The molecular formula is C17H17ClN2. The van der Waals surface area contributed by atoms with Gasteiger partial charge in [0.25, 0.3) is 0 Å². The summed E-state index contributed by atoms with van der Waals surface area (Å²) in [5, 5.41) is 2.04. The first kappa shape index (κ1) is 13.2. The smallest absolute Gasteiger partial charge is 0.0516 e. The fourth-order valence-corrected chi connectivity index (χ4v) is 2.74. The summed E-state index contributed by atoms with van der Waals surface area (Å²) in [4.78, 5) is 0. The highest BCUT2D eigenvalue weighted by atomic mass is 35.5. The lowest BCUT2D eigenvalue weighted by Crippen LogP contribution is -2.05. The van der Waals surface area contributed by atoms with Gasteiger partial charge in [-0.15, -0.1) is 0 Å². The van der Waals surface area contributed by atoms with Gasteiger partial charge in [0.2, 0.25) is 0 Å². The number of halogens is 1. The molecule has 3 rings (SSSR count). The third kappa shape index (κ3) is 2.58. The van der Waals surface area contributed by atoms with Crippen LogP contribution in [-0.2, 0) is 13.0 Å². The van der Waals surface area contributed by atoms with E-state index in [-0.39, 0.29) is 0 Å². The Morgan fingerprint density at radius 1 is 1.00 bits per heavy atom. The molecule has 0 fully saturated rings. The largest absolute Gasteiger partial charge is 0.343 e. The molecule has 0 aliphatic rings. The molecule has 0 amide bonds. The zero-order chi connectivity index (χ0) is 13.9. The second-order valence-corrected chi connectivity index (χ2v) is 5.40. The SMILES string of the molecule is NCCc1cccc2ccn(Cc3ccc(Cl)cc3)c12. The van der Waals surface area contributed by atoms with Gasteiger partial charge >= 0.3 is 0 Å². The number of aromatic nitrogens is 1. The highest BCUT2D eigenvalue weighted by Gasteiger charge is 2.06. The van der Waals surface area contributed by atoms with Crippen LogP contribution in [0.3, 0.4) is 0 Å². The van der Waals surface area contributed by atoms with E-state index in [4.69, 9.17) is 17.3 Å². The zero-order valence-electron chi connectivity index (χ0n) is 11.2. The fraction of sp³-hybridized carbons (Fsp3) is 0.176. The van der Waals surface area contributed by atoms with Crippen molar-refractivity contribution < 1.29 is 0 Å². The predicted octanol–water partition coefficient (Wildman–Crippen LogP) is 3.84. The summed E-state index contributed by atoms with van der Waals surface area (Å²) in [5.41, 5.74) is 9.55.